The molecular weight excluding hydrogens is 279 g/mol. The van der Waals surface area contributed by atoms with Gasteiger partial charge in [-0.2, -0.15) is 4.31 Å². The summed E-state index contributed by atoms with van der Waals surface area (Å²) in [4.78, 5) is 0.0283. The average molecular weight is 298 g/mol. The van der Waals surface area contributed by atoms with Crippen LogP contribution in [0.1, 0.15) is 24.5 Å². The lowest BCUT2D eigenvalue weighted by Gasteiger charge is -2.20. The molecular formula is C14H19FN2O2S. The van der Waals surface area contributed by atoms with Crippen molar-refractivity contribution in [3.63, 3.8) is 0 Å². The van der Waals surface area contributed by atoms with Crippen LogP contribution in [0, 0.1) is 25.1 Å². The first-order valence-electron chi connectivity index (χ1n) is 6.31. The minimum Gasteiger partial charge on any atom is -0.326 e. The summed E-state index contributed by atoms with van der Waals surface area (Å²) in [6, 6.07) is 2.58. The molecule has 0 heterocycles. The van der Waals surface area contributed by atoms with Crippen molar-refractivity contribution in [3.8, 4) is 12.3 Å². The molecule has 0 fully saturated rings. The predicted molar refractivity (Wildman–Crippen MR) is 76.9 cm³/mol. The molecule has 6 heteroatoms. The minimum atomic E-state index is -3.73. The summed E-state index contributed by atoms with van der Waals surface area (Å²) in [7, 11) is -3.73. The van der Waals surface area contributed by atoms with Gasteiger partial charge in [0.25, 0.3) is 0 Å². The van der Waals surface area contributed by atoms with E-state index in [0.717, 1.165) is 0 Å². The molecule has 20 heavy (non-hydrogen) atoms. The quantitative estimate of drug-likeness (QED) is 0.812. The van der Waals surface area contributed by atoms with Crippen molar-refractivity contribution in [1.29, 1.82) is 0 Å². The number of halogens is 1. The van der Waals surface area contributed by atoms with Crippen LogP contribution in [0.2, 0.25) is 0 Å². The summed E-state index contributed by atoms with van der Waals surface area (Å²) in [6.07, 6.45) is 5.85. The van der Waals surface area contributed by atoms with E-state index in [1.165, 1.54) is 23.4 Å². The van der Waals surface area contributed by atoms with Crippen molar-refractivity contribution >= 4 is 10.0 Å². The van der Waals surface area contributed by atoms with Crippen LogP contribution in [0.3, 0.4) is 0 Å². The van der Waals surface area contributed by atoms with Gasteiger partial charge in [0.15, 0.2) is 0 Å². The normalized spacial score (nSPS) is 11.6. The Morgan fingerprint density at radius 2 is 2.10 bits per heavy atom. The number of terminal acetylenes is 1. The lowest BCUT2D eigenvalue weighted by atomic mass is 10.1. The van der Waals surface area contributed by atoms with Crippen LogP contribution < -0.4 is 5.73 Å². The highest BCUT2D eigenvalue weighted by molar-refractivity contribution is 7.89. The number of hydrogen-bond donors (Lipinski definition) is 1. The van der Waals surface area contributed by atoms with Crippen LogP contribution in [0.15, 0.2) is 17.0 Å². The van der Waals surface area contributed by atoms with E-state index in [-0.39, 0.29) is 29.1 Å². The highest BCUT2D eigenvalue weighted by Gasteiger charge is 2.24. The molecule has 0 spiro atoms. The van der Waals surface area contributed by atoms with E-state index in [9.17, 15) is 12.8 Å². The molecule has 0 aromatic heterocycles. The van der Waals surface area contributed by atoms with Crippen molar-refractivity contribution in [2.45, 2.75) is 31.7 Å². The molecule has 0 aliphatic rings. The molecule has 0 aliphatic heterocycles. The average Bonchev–Trinajstić information content (AvgIpc) is 2.41. The van der Waals surface area contributed by atoms with Gasteiger partial charge in [-0.1, -0.05) is 12.8 Å². The lowest BCUT2D eigenvalue weighted by molar-refractivity contribution is 0.445. The van der Waals surface area contributed by atoms with E-state index in [0.29, 0.717) is 13.0 Å². The van der Waals surface area contributed by atoms with Gasteiger partial charge < -0.3 is 5.73 Å². The Bertz CT molecular complexity index is 621. The van der Waals surface area contributed by atoms with Gasteiger partial charge in [0.05, 0.1) is 11.4 Å². The molecule has 0 saturated carbocycles. The van der Waals surface area contributed by atoms with Gasteiger partial charge in [0, 0.05) is 18.7 Å². The van der Waals surface area contributed by atoms with Crippen LogP contribution in [0.25, 0.3) is 0 Å². The van der Waals surface area contributed by atoms with Crippen molar-refractivity contribution < 1.29 is 12.8 Å². The lowest BCUT2D eigenvalue weighted by Crippen LogP contribution is -2.32. The van der Waals surface area contributed by atoms with Crippen molar-refractivity contribution in [2.75, 3.05) is 13.1 Å². The molecule has 2 N–H and O–H groups in total. The van der Waals surface area contributed by atoms with Gasteiger partial charge in [0.2, 0.25) is 10.0 Å². The molecule has 1 rings (SSSR count). The van der Waals surface area contributed by atoms with E-state index in [1.807, 2.05) is 6.92 Å². The fourth-order valence-electron chi connectivity index (χ4n) is 1.89. The standard InChI is InChI=1S/C14H19FN2O2S/c1-4-6-17(7-5-2)20(18,19)13-8-11(3)14(15)12(9-13)10-16/h1,8-9H,5-7,10,16H2,2-3H3. The molecule has 0 bridgehead atoms. The molecule has 0 amide bonds. The number of benzene rings is 1. The minimum absolute atomic E-state index is 0.00937. The van der Waals surface area contributed by atoms with Gasteiger partial charge in [0.1, 0.15) is 5.82 Å². The summed E-state index contributed by atoms with van der Waals surface area (Å²) >= 11 is 0. The predicted octanol–water partition coefficient (Wildman–Crippen LogP) is 1.63. The van der Waals surface area contributed by atoms with E-state index in [2.05, 4.69) is 5.92 Å². The SMILES string of the molecule is C#CCN(CCC)S(=O)(=O)c1cc(C)c(F)c(CN)c1. The first-order chi connectivity index (χ1) is 9.38. The summed E-state index contributed by atoms with van der Waals surface area (Å²) in [5.41, 5.74) is 5.88. The van der Waals surface area contributed by atoms with Crippen molar-refractivity contribution in [2.24, 2.45) is 5.73 Å². The van der Waals surface area contributed by atoms with Gasteiger partial charge in [-0.3, -0.25) is 0 Å². The number of sulfonamides is 1. The smallest absolute Gasteiger partial charge is 0.243 e. The third-order valence-corrected chi connectivity index (χ3v) is 4.72. The molecule has 1 aromatic carbocycles. The fraction of sp³-hybridized carbons (Fsp3) is 0.429. The number of rotatable bonds is 6. The highest BCUT2D eigenvalue weighted by Crippen LogP contribution is 2.22. The zero-order chi connectivity index (χ0) is 15.3. The van der Waals surface area contributed by atoms with Gasteiger partial charge in [-0.25, -0.2) is 12.8 Å². The third kappa shape index (κ3) is 3.37. The summed E-state index contributed by atoms with van der Waals surface area (Å²) in [5.74, 6) is 1.86. The maximum atomic E-state index is 13.7. The number of nitrogens with two attached hydrogens (primary N) is 1. The van der Waals surface area contributed by atoms with Gasteiger partial charge in [-0.15, -0.1) is 6.42 Å². The van der Waals surface area contributed by atoms with E-state index >= 15 is 0 Å². The van der Waals surface area contributed by atoms with Crippen molar-refractivity contribution in [3.05, 3.63) is 29.1 Å². The Balaban J connectivity index is 3.34. The number of aryl methyl sites for hydroxylation is 1. The molecule has 0 atom stereocenters. The first kappa shape index (κ1) is 16.6. The topological polar surface area (TPSA) is 63.4 Å². The Kier molecular flexibility index (Phi) is 5.69. The summed E-state index contributed by atoms with van der Waals surface area (Å²) < 4.78 is 40.0. The largest absolute Gasteiger partial charge is 0.326 e. The second-order valence-corrected chi connectivity index (χ2v) is 6.40. The van der Waals surface area contributed by atoms with Gasteiger partial charge >= 0.3 is 0 Å². The maximum absolute atomic E-state index is 13.7. The van der Waals surface area contributed by atoms with E-state index < -0.39 is 15.8 Å². The first-order valence-corrected chi connectivity index (χ1v) is 7.75. The summed E-state index contributed by atoms with van der Waals surface area (Å²) in [6.45, 7) is 3.63. The third-order valence-electron chi connectivity index (χ3n) is 2.90. The van der Waals surface area contributed by atoms with Crippen LogP contribution in [0.4, 0.5) is 4.39 Å². The molecule has 4 nitrogen and oxygen atoms in total. The molecule has 0 radical (unpaired) electrons. The molecule has 0 unspecified atom stereocenters. The van der Waals surface area contributed by atoms with Crippen LogP contribution in [-0.2, 0) is 16.6 Å². The monoisotopic (exact) mass is 298 g/mol. The Morgan fingerprint density at radius 1 is 1.45 bits per heavy atom. The van der Waals surface area contributed by atoms with E-state index in [4.69, 9.17) is 12.2 Å². The zero-order valence-corrected chi connectivity index (χ0v) is 12.5. The fourth-order valence-corrected chi connectivity index (χ4v) is 3.47. The summed E-state index contributed by atoms with van der Waals surface area (Å²) in [5, 5.41) is 0. The van der Waals surface area contributed by atoms with Crippen LogP contribution in [0.5, 0.6) is 0 Å². The second-order valence-electron chi connectivity index (χ2n) is 4.46. The molecule has 0 saturated heterocycles. The molecule has 110 valence electrons. The maximum Gasteiger partial charge on any atom is 0.243 e. The Labute approximate surface area is 119 Å². The van der Waals surface area contributed by atoms with Crippen molar-refractivity contribution in [1.82, 2.24) is 4.31 Å². The van der Waals surface area contributed by atoms with Crippen LogP contribution >= 0.6 is 0 Å². The highest BCUT2D eigenvalue weighted by atomic mass is 32.2. The Hall–Kier alpha value is -1.42. The van der Waals surface area contributed by atoms with E-state index in [1.54, 1.807) is 0 Å². The molecule has 0 aliphatic carbocycles. The van der Waals surface area contributed by atoms with Crippen LogP contribution in [-0.4, -0.2) is 25.8 Å². The zero-order valence-electron chi connectivity index (χ0n) is 11.7. The number of nitrogens with zero attached hydrogens (tertiary/aromatic N) is 1. The molecule has 1 aromatic rings. The van der Waals surface area contributed by atoms with Gasteiger partial charge in [-0.05, 0) is 31.0 Å². The number of hydrogen-bond acceptors (Lipinski definition) is 3. The second kappa shape index (κ2) is 6.84. The Morgan fingerprint density at radius 3 is 2.60 bits per heavy atom.